The van der Waals surface area contributed by atoms with E-state index >= 15 is 0 Å². The van der Waals surface area contributed by atoms with Crippen molar-refractivity contribution in [3.63, 3.8) is 0 Å². The van der Waals surface area contributed by atoms with Gasteiger partial charge in [-0.05, 0) is 99.3 Å². The van der Waals surface area contributed by atoms with E-state index in [1.54, 1.807) is 0 Å². The molecule has 0 radical (unpaired) electrons. The Balaban J connectivity index is 1.39. The van der Waals surface area contributed by atoms with Gasteiger partial charge >= 0.3 is 0 Å². The monoisotopic (exact) mass is 471 g/mol. The number of rotatable bonds is 5. The minimum Gasteiger partial charge on any atom is -0.301 e. The molecule has 2 aromatic rings. The Labute approximate surface area is 201 Å². The molecule has 0 amide bonds. The van der Waals surface area contributed by atoms with Gasteiger partial charge in [0.2, 0.25) is 4.77 Å². The number of nitrogens with zero attached hydrogens (tertiary/aromatic N) is 5. The molecule has 1 aliphatic heterocycles. The molecule has 5 aliphatic rings. The Morgan fingerprint density at radius 2 is 1.50 bits per heavy atom. The molecule has 4 saturated carbocycles. The van der Waals surface area contributed by atoms with Gasteiger partial charge in [0, 0.05) is 42.3 Å². The highest BCUT2D eigenvalue weighted by Gasteiger charge is 2.54. The molecule has 1 aromatic carbocycles. The Hall–Kier alpha value is -1.21. The molecule has 1 saturated heterocycles. The second kappa shape index (κ2) is 8.23. The number of hydrogen-bond acceptors (Lipinski definition) is 4. The molecule has 0 spiro atoms. The van der Waals surface area contributed by atoms with Crippen molar-refractivity contribution in [2.75, 3.05) is 32.7 Å². The van der Waals surface area contributed by atoms with Gasteiger partial charge < -0.3 is 4.90 Å². The zero-order valence-electron chi connectivity index (χ0n) is 19.0. The molecule has 5 nitrogen and oxygen atoms in total. The average molecular weight is 472 g/mol. The van der Waals surface area contributed by atoms with Crippen LogP contribution >= 0.6 is 23.8 Å². The Kier molecular flexibility index (Phi) is 5.48. The summed E-state index contributed by atoms with van der Waals surface area (Å²) in [6, 6.07) is 8.16. The van der Waals surface area contributed by atoms with Gasteiger partial charge in [-0.15, -0.1) is 0 Å². The SMILES string of the molecule is CCN1CCN(Cn2nc(C34CC5CC(CC(C5)C3)C4)n(-c3ccc(Cl)cc3)c2=S)CC1. The molecule has 0 atom stereocenters. The van der Waals surface area contributed by atoms with Crippen LogP contribution < -0.4 is 0 Å². The van der Waals surface area contributed by atoms with E-state index in [2.05, 4.69) is 38.1 Å². The topological polar surface area (TPSA) is 29.2 Å². The zero-order chi connectivity index (χ0) is 21.9. The van der Waals surface area contributed by atoms with Gasteiger partial charge in [-0.3, -0.25) is 9.47 Å². The Morgan fingerprint density at radius 3 is 2.06 bits per heavy atom. The van der Waals surface area contributed by atoms with E-state index in [9.17, 15) is 0 Å². The second-order valence-corrected chi connectivity index (χ2v) is 11.6. The lowest BCUT2D eigenvalue weighted by atomic mass is 9.49. The summed E-state index contributed by atoms with van der Waals surface area (Å²) >= 11 is 12.3. The maximum atomic E-state index is 6.23. The van der Waals surface area contributed by atoms with Crippen LogP contribution in [-0.4, -0.2) is 56.9 Å². The number of aromatic nitrogens is 3. The lowest BCUT2D eigenvalue weighted by Gasteiger charge is -2.56. The molecule has 0 unspecified atom stereocenters. The van der Waals surface area contributed by atoms with E-state index in [4.69, 9.17) is 28.9 Å². The molecular weight excluding hydrogens is 438 g/mol. The van der Waals surface area contributed by atoms with Gasteiger partial charge in [-0.1, -0.05) is 18.5 Å². The molecule has 7 heteroatoms. The number of likely N-dealkylation sites (N-methyl/N-ethyl adjacent to an activating group) is 1. The average Bonchev–Trinajstić information content (AvgIpc) is 3.11. The van der Waals surface area contributed by atoms with Crippen LogP contribution in [0.3, 0.4) is 0 Å². The smallest absolute Gasteiger partial charge is 0.203 e. The summed E-state index contributed by atoms with van der Waals surface area (Å²) in [5.74, 6) is 3.85. The number of benzene rings is 1. The van der Waals surface area contributed by atoms with Crippen molar-refractivity contribution in [1.29, 1.82) is 0 Å². The fraction of sp³-hybridized carbons (Fsp3) is 0.680. The van der Waals surface area contributed by atoms with Gasteiger partial charge in [0.1, 0.15) is 5.82 Å². The van der Waals surface area contributed by atoms with Gasteiger partial charge in [-0.2, -0.15) is 5.10 Å². The van der Waals surface area contributed by atoms with Gasteiger partial charge in [0.15, 0.2) is 0 Å². The zero-order valence-corrected chi connectivity index (χ0v) is 20.6. The maximum Gasteiger partial charge on any atom is 0.203 e. The van der Waals surface area contributed by atoms with Crippen LogP contribution in [0.25, 0.3) is 5.69 Å². The first-order valence-corrected chi connectivity index (χ1v) is 13.2. The van der Waals surface area contributed by atoms with E-state index < -0.39 is 0 Å². The normalized spacial score (nSPS) is 32.6. The van der Waals surface area contributed by atoms with E-state index in [0.717, 1.165) is 72.6 Å². The van der Waals surface area contributed by atoms with E-state index in [1.165, 1.54) is 44.3 Å². The summed E-state index contributed by atoms with van der Waals surface area (Å²) in [5, 5.41) is 6.08. The summed E-state index contributed by atoms with van der Waals surface area (Å²) in [7, 11) is 0. The van der Waals surface area contributed by atoms with Gasteiger partial charge in [-0.25, -0.2) is 4.68 Å². The first-order chi connectivity index (χ1) is 15.5. The first-order valence-electron chi connectivity index (χ1n) is 12.4. The van der Waals surface area contributed by atoms with Crippen LogP contribution in [0.5, 0.6) is 0 Å². The van der Waals surface area contributed by atoms with Crippen LogP contribution in [0, 0.1) is 22.5 Å². The predicted molar refractivity (Wildman–Crippen MR) is 131 cm³/mol. The van der Waals surface area contributed by atoms with Crippen molar-refractivity contribution in [3.8, 4) is 5.69 Å². The van der Waals surface area contributed by atoms with Crippen molar-refractivity contribution in [2.45, 2.75) is 57.5 Å². The highest BCUT2D eigenvalue weighted by Crippen LogP contribution is 2.60. The van der Waals surface area contributed by atoms with Crippen LogP contribution in [0.2, 0.25) is 5.02 Å². The van der Waals surface area contributed by atoms with Crippen molar-refractivity contribution in [3.05, 3.63) is 39.9 Å². The third kappa shape index (κ3) is 3.67. The van der Waals surface area contributed by atoms with Crippen LogP contribution in [0.15, 0.2) is 24.3 Å². The fourth-order valence-corrected chi connectivity index (χ4v) is 7.90. The molecule has 4 aliphatic carbocycles. The second-order valence-electron chi connectivity index (χ2n) is 10.8. The lowest BCUT2D eigenvalue weighted by Crippen LogP contribution is -2.49. The van der Waals surface area contributed by atoms with Crippen LogP contribution in [0.4, 0.5) is 0 Å². The molecule has 5 fully saturated rings. The summed E-state index contributed by atoms with van der Waals surface area (Å²) < 4.78 is 5.23. The summed E-state index contributed by atoms with van der Waals surface area (Å²) in [5.41, 5.74) is 1.29. The molecule has 172 valence electrons. The quantitative estimate of drug-likeness (QED) is 0.566. The Bertz CT molecular complexity index is 998. The van der Waals surface area contributed by atoms with Gasteiger partial charge in [0.25, 0.3) is 0 Å². The van der Waals surface area contributed by atoms with Crippen LogP contribution in [-0.2, 0) is 12.1 Å². The van der Waals surface area contributed by atoms with Crippen molar-refractivity contribution in [2.24, 2.45) is 17.8 Å². The minimum absolute atomic E-state index is 0.189. The standard InChI is InChI=1S/C25H34ClN5S/c1-2-28-7-9-29(10-8-28)17-30-24(32)31(22-5-3-21(26)4-6-22)23(27-30)25-14-18-11-19(15-25)13-20(12-18)16-25/h3-6,18-20H,2,7-17H2,1H3. The van der Waals surface area contributed by atoms with Crippen molar-refractivity contribution < 1.29 is 0 Å². The molecule has 7 rings (SSSR count). The maximum absolute atomic E-state index is 6.23. The number of halogens is 1. The lowest BCUT2D eigenvalue weighted by molar-refractivity contribution is -0.0106. The molecule has 2 heterocycles. The summed E-state index contributed by atoms with van der Waals surface area (Å²) in [4.78, 5) is 5.02. The molecule has 1 aromatic heterocycles. The first kappa shape index (κ1) is 21.3. The highest BCUT2D eigenvalue weighted by atomic mass is 35.5. The third-order valence-corrected chi connectivity index (χ3v) is 9.33. The summed E-state index contributed by atoms with van der Waals surface area (Å²) in [6.07, 6.45) is 8.16. The highest BCUT2D eigenvalue weighted by molar-refractivity contribution is 7.71. The molecular formula is C25H34ClN5S. The predicted octanol–water partition coefficient (Wildman–Crippen LogP) is 5.12. The van der Waals surface area contributed by atoms with E-state index in [0.29, 0.717) is 0 Å². The van der Waals surface area contributed by atoms with Crippen LogP contribution in [0.1, 0.15) is 51.3 Å². The fourth-order valence-electron chi connectivity index (χ4n) is 7.49. The molecule has 4 bridgehead atoms. The minimum atomic E-state index is 0.189. The largest absolute Gasteiger partial charge is 0.301 e. The van der Waals surface area contributed by atoms with E-state index in [-0.39, 0.29) is 5.41 Å². The molecule has 0 N–H and O–H groups in total. The summed E-state index contributed by atoms with van der Waals surface area (Å²) in [6.45, 7) is 8.58. The van der Waals surface area contributed by atoms with Crippen molar-refractivity contribution >= 4 is 23.8 Å². The third-order valence-electron chi connectivity index (χ3n) is 8.68. The Morgan fingerprint density at radius 1 is 0.938 bits per heavy atom. The van der Waals surface area contributed by atoms with Crippen molar-refractivity contribution in [1.82, 2.24) is 24.1 Å². The van der Waals surface area contributed by atoms with Gasteiger partial charge in [0.05, 0.1) is 6.67 Å². The molecule has 32 heavy (non-hydrogen) atoms. The van der Waals surface area contributed by atoms with E-state index in [1.807, 2.05) is 12.1 Å². The number of hydrogen-bond donors (Lipinski definition) is 0. The number of piperazine rings is 1.